The van der Waals surface area contributed by atoms with Crippen molar-refractivity contribution in [2.45, 2.75) is 26.3 Å². The molecule has 1 heterocycles. The number of nitrogens with one attached hydrogen (secondary N) is 2. The average molecular weight is 433 g/mol. The van der Waals surface area contributed by atoms with Crippen LogP contribution >= 0.6 is 11.6 Å². The van der Waals surface area contributed by atoms with E-state index in [1.807, 2.05) is 6.92 Å². The normalized spacial score (nSPS) is 11.1. The van der Waals surface area contributed by atoms with Crippen LogP contribution in [0.15, 0.2) is 41.2 Å². The van der Waals surface area contributed by atoms with Crippen LogP contribution in [0, 0.1) is 5.82 Å². The van der Waals surface area contributed by atoms with E-state index in [1.165, 1.54) is 6.07 Å². The quantitative estimate of drug-likeness (QED) is 0.355. The number of H-pyrrole nitrogens is 1. The fraction of sp³-hybridized carbons (Fsp3) is 0.348. The number of methoxy groups -OCH3 is 1. The van der Waals surface area contributed by atoms with Gasteiger partial charge in [-0.05, 0) is 49.2 Å². The predicted octanol–water partition coefficient (Wildman–Crippen LogP) is 4.85. The summed E-state index contributed by atoms with van der Waals surface area (Å²) >= 11 is 5.76. The molecule has 1 aromatic heterocycles. The molecule has 0 aliphatic carbocycles. The zero-order valence-corrected chi connectivity index (χ0v) is 17.9. The molecular formula is C23H26ClFN2O3. The topological polar surface area (TPSA) is 63.4 Å². The van der Waals surface area contributed by atoms with Crippen molar-refractivity contribution in [1.82, 2.24) is 10.3 Å². The van der Waals surface area contributed by atoms with Gasteiger partial charge < -0.3 is 19.8 Å². The first kappa shape index (κ1) is 22.1. The highest BCUT2D eigenvalue weighted by Gasteiger charge is 2.19. The second-order valence-corrected chi connectivity index (χ2v) is 7.28. The fourth-order valence-corrected chi connectivity index (χ4v) is 3.45. The Labute approximate surface area is 180 Å². The van der Waals surface area contributed by atoms with Gasteiger partial charge in [-0.15, -0.1) is 11.6 Å². The summed E-state index contributed by atoms with van der Waals surface area (Å²) in [7, 11) is 1.58. The molecule has 0 spiro atoms. The summed E-state index contributed by atoms with van der Waals surface area (Å²) in [4.78, 5) is 16.7. The van der Waals surface area contributed by atoms with E-state index < -0.39 is 5.82 Å². The highest BCUT2D eigenvalue weighted by Crippen LogP contribution is 2.29. The van der Waals surface area contributed by atoms with Gasteiger partial charge in [-0.25, -0.2) is 4.39 Å². The second kappa shape index (κ2) is 10.5. The Bertz CT molecular complexity index is 1050. The van der Waals surface area contributed by atoms with Gasteiger partial charge in [0.05, 0.1) is 30.2 Å². The molecule has 0 saturated heterocycles. The minimum Gasteiger partial charge on any atom is -0.497 e. The Hall–Kier alpha value is -2.57. The number of fused-ring (bicyclic) bond motifs is 1. The Balaban J connectivity index is 2.19. The van der Waals surface area contributed by atoms with Crippen molar-refractivity contribution in [2.75, 3.05) is 26.1 Å². The molecule has 3 rings (SSSR count). The molecule has 0 atom stereocenters. The van der Waals surface area contributed by atoms with Crippen LogP contribution in [-0.2, 0) is 6.54 Å². The third-order valence-corrected chi connectivity index (χ3v) is 5.04. The standard InChI is InChI=1S/C23H26ClFN2O3/c1-3-13-30-19-10-9-17(25)21-22(19)27-18(14-26-12-4-11-24)20(23(21)28)15-5-7-16(29-2)8-6-15/h5-10,26H,3-4,11-14H2,1-2H3,(H,27,28). The van der Waals surface area contributed by atoms with E-state index in [1.54, 1.807) is 37.4 Å². The van der Waals surface area contributed by atoms with E-state index in [-0.39, 0.29) is 10.8 Å². The van der Waals surface area contributed by atoms with Gasteiger partial charge in [0, 0.05) is 18.1 Å². The van der Waals surface area contributed by atoms with Gasteiger partial charge in [-0.3, -0.25) is 4.79 Å². The largest absolute Gasteiger partial charge is 0.497 e. The number of alkyl halides is 1. The van der Waals surface area contributed by atoms with Crippen molar-refractivity contribution in [3.05, 3.63) is 58.1 Å². The van der Waals surface area contributed by atoms with Gasteiger partial charge in [0.1, 0.15) is 17.3 Å². The van der Waals surface area contributed by atoms with Crippen LogP contribution in [0.5, 0.6) is 11.5 Å². The van der Waals surface area contributed by atoms with Crippen molar-refractivity contribution >= 4 is 22.5 Å². The molecule has 30 heavy (non-hydrogen) atoms. The summed E-state index contributed by atoms with van der Waals surface area (Å²) in [6, 6.07) is 9.99. The van der Waals surface area contributed by atoms with Crippen LogP contribution in [0.25, 0.3) is 22.0 Å². The number of hydrogen-bond acceptors (Lipinski definition) is 4. The van der Waals surface area contributed by atoms with E-state index in [2.05, 4.69) is 10.3 Å². The molecule has 0 bridgehead atoms. The predicted molar refractivity (Wildman–Crippen MR) is 119 cm³/mol. The molecule has 2 aromatic carbocycles. The monoisotopic (exact) mass is 432 g/mol. The molecule has 0 amide bonds. The fourth-order valence-electron chi connectivity index (χ4n) is 3.31. The van der Waals surface area contributed by atoms with Crippen LogP contribution < -0.4 is 20.2 Å². The van der Waals surface area contributed by atoms with Gasteiger partial charge in [0.2, 0.25) is 5.43 Å². The maximum absolute atomic E-state index is 14.7. The van der Waals surface area contributed by atoms with Crippen LogP contribution in [0.3, 0.4) is 0 Å². The lowest BCUT2D eigenvalue weighted by Gasteiger charge is -2.15. The van der Waals surface area contributed by atoms with Crippen LogP contribution in [0.2, 0.25) is 0 Å². The molecule has 0 fully saturated rings. The molecule has 5 nitrogen and oxygen atoms in total. The first-order valence-electron chi connectivity index (χ1n) is 10.0. The average Bonchev–Trinajstić information content (AvgIpc) is 2.76. The minimum absolute atomic E-state index is 0.000991. The van der Waals surface area contributed by atoms with E-state index >= 15 is 0 Å². The van der Waals surface area contributed by atoms with Crippen molar-refractivity contribution < 1.29 is 13.9 Å². The number of halogens is 2. The maximum atomic E-state index is 14.7. The Morgan fingerprint density at radius 1 is 1.17 bits per heavy atom. The van der Waals surface area contributed by atoms with E-state index in [4.69, 9.17) is 21.1 Å². The number of aromatic amines is 1. The molecule has 3 aromatic rings. The summed E-state index contributed by atoms with van der Waals surface area (Å²) in [5.41, 5.74) is 1.78. The van der Waals surface area contributed by atoms with Gasteiger partial charge >= 0.3 is 0 Å². The molecule has 0 saturated carbocycles. The summed E-state index contributed by atoms with van der Waals surface area (Å²) in [6.07, 6.45) is 1.61. The van der Waals surface area contributed by atoms with Crippen LogP contribution in [0.4, 0.5) is 4.39 Å². The zero-order valence-electron chi connectivity index (χ0n) is 17.2. The Morgan fingerprint density at radius 2 is 1.93 bits per heavy atom. The zero-order chi connectivity index (χ0) is 21.5. The van der Waals surface area contributed by atoms with Crippen molar-refractivity contribution in [3.8, 4) is 22.6 Å². The molecule has 0 aliphatic rings. The highest BCUT2D eigenvalue weighted by molar-refractivity contribution is 6.17. The number of hydrogen-bond donors (Lipinski definition) is 2. The van der Waals surface area contributed by atoms with Crippen LogP contribution in [-0.4, -0.2) is 31.1 Å². The van der Waals surface area contributed by atoms with Crippen molar-refractivity contribution in [2.24, 2.45) is 0 Å². The second-order valence-electron chi connectivity index (χ2n) is 6.90. The summed E-state index contributed by atoms with van der Waals surface area (Å²) in [5, 5.41) is 3.29. The summed E-state index contributed by atoms with van der Waals surface area (Å²) in [6.45, 7) is 3.58. The molecule has 0 unspecified atom stereocenters. The third kappa shape index (κ3) is 4.77. The third-order valence-electron chi connectivity index (χ3n) is 4.78. The highest BCUT2D eigenvalue weighted by atomic mass is 35.5. The number of aromatic nitrogens is 1. The van der Waals surface area contributed by atoms with E-state index in [9.17, 15) is 9.18 Å². The van der Waals surface area contributed by atoms with E-state index in [0.29, 0.717) is 59.4 Å². The lowest BCUT2D eigenvalue weighted by Crippen LogP contribution is -2.21. The number of pyridine rings is 1. The summed E-state index contributed by atoms with van der Waals surface area (Å²) < 4.78 is 25.7. The lowest BCUT2D eigenvalue weighted by molar-refractivity contribution is 0.320. The van der Waals surface area contributed by atoms with Gasteiger partial charge in [-0.2, -0.15) is 0 Å². The summed E-state index contributed by atoms with van der Waals surface area (Å²) in [5.74, 6) is 1.12. The number of rotatable bonds is 10. The van der Waals surface area contributed by atoms with E-state index in [0.717, 1.165) is 12.8 Å². The van der Waals surface area contributed by atoms with Gasteiger partial charge in [0.15, 0.2) is 0 Å². The van der Waals surface area contributed by atoms with Gasteiger partial charge in [-0.1, -0.05) is 19.1 Å². The molecular weight excluding hydrogens is 407 g/mol. The molecule has 0 aliphatic heterocycles. The van der Waals surface area contributed by atoms with Crippen molar-refractivity contribution in [1.29, 1.82) is 0 Å². The number of benzene rings is 2. The van der Waals surface area contributed by atoms with Crippen molar-refractivity contribution in [3.63, 3.8) is 0 Å². The first-order valence-corrected chi connectivity index (χ1v) is 10.5. The van der Waals surface area contributed by atoms with Gasteiger partial charge in [0.25, 0.3) is 0 Å². The SMILES string of the molecule is CCCOc1ccc(F)c2c(=O)c(-c3ccc(OC)cc3)c(CNCCCCl)[nH]c12. The van der Waals surface area contributed by atoms with Crippen LogP contribution in [0.1, 0.15) is 25.5 Å². The molecule has 7 heteroatoms. The first-order chi connectivity index (χ1) is 14.6. The molecule has 160 valence electrons. The maximum Gasteiger partial charge on any atom is 0.200 e. The smallest absolute Gasteiger partial charge is 0.200 e. The lowest BCUT2D eigenvalue weighted by atomic mass is 9.99. The Kier molecular flexibility index (Phi) is 7.71. The number of ether oxygens (including phenoxy) is 2. The Morgan fingerprint density at radius 3 is 2.60 bits per heavy atom. The molecule has 2 N–H and O–H groups in total. The molecule has 0 radical (unpaired) electrons. The minimum atomic E-state index is -0.577.